The van der Waals surface area contributed by atoms with E-state index in [0.717, 1.165) is 11.1 Å². The molecule has 0 spiro atoms. The molecule has 0 unspecified atom stereocenters. The fraction of sp³-hybridized carbons (Fsp3) is 0.304. The molecule has 0 heterocycles. The predicted molar refractivity (Wildman–Crippen MR) is 124 cm³/mol. The summed E-state index contributed by atoms with van der Waals surface area (Å²) in [7, 11) is 1.62. The van der Waals surface area contributed by atoms with Gasteiger partial charge in [0.2, 0.25) is 0 Å². The van der Waals surface area contributed by atoms with Crippen LogP contribution in [0.2, 0.25) is 0 Å². The van der Waals surface area contributed by atoms with Crippen molar-refractivity contribution in [1.29, 1.82) is 0 Å². The zero-order chi connectivity index (χ0) is 21.3. The first-order valence-corrected chi connectivity index (χ1v) is 9.82. The normalized spacial score (nSPS) is 11.2. The van der Waals surface area contributed by atoms with Gasteiger partial charge in [0.05, 0.1) is 13.3 Å². The number of methoxy groups -OCH3 is 1. The lowest BCUT2D eigenvalue weighted by Crippen LogP contribution is -2.31. The Morgan fingerprint density at radius 2 is 1.86 bits per heavy atom. The second kappa shape index (κ2) is 10.6. The summed E-state index contributed by atoms with van der Waals surface area (Å²) in [4.78, 5) is 0. The Labute approximate surface area is 178 Å². The molecule has 2 N–H and O–H groups in total. The number of hydrogen-bond donors (Lipinski definition) is 2. The van der Waals surface area contributed by atoms with Crippen molar-refractivity contribution in [2.75, 3.05) is 13.7 Å². The van der Waals surface area contributed by atoms with Gasteiger partial charge in [0.15, 0.2) is 16.6 Å². The Morgan fingerprint density at radius 3 is 2.48 bits per heavy atom. The van der Waals surface area contributed by atoms with Crippen molar-refractivity contribution >= 4 is 23.5 Å². The standard InChI is InChI=1S/C23H29N3O2S/c1-6-13-24-22(29)26-25-15-18-9-12-20(21(14-18)27-5)28-16-17-7-10-19(11-8-17)23(2,3)4/h6-12,14-15H,1,13,16H2,2-5H3,(H2,24,26,29)/b25-15+. The first-order chi connectivity index (χ1) is 13.8. The van der Waals surface area contributed by atoms with Gasteiger partial charge in [0.1, 0.15) is 6.61 Å². The van der Waals surface area contributed by atoms with E-state index in [2.05, 4.69) is 67.5 Å². The van der Waals surface area contributed by atoms with Gasteiger partial charge in [-0.15, -0.1) is 6.58 Å². The Kier molecular flexibility index (Phi) is 8.21. The van der Waals surface area contributed by atoms with Crippen LogP contribution in [-0.2, 0) is 12.0 Å². The zero-order valence-electron chi connectivity index (χ0n) is 17.5. The van der Waals surface area contributed by atoms with Crippen molar-refractivity contribution in [1.82, 2.24) is 10.7 Å². The number of ether oxygens (including phenoxy) is 2. The fourth-order valence-electron chi connectivity index (χ4n) is 2.52. The van der Waals surface area contributed by atoms with Crippen molar-refractivity contribution < 1.29 is 9.47 Å². The molecule has 0 aliphatic carbocycles. The van der Waals surface area contributed by atoms with Crippen LogP contribution >= 0.6 is 12.2 Å². The summed E-state index contributed by atoms with van der Waals surface area (Å²) in [5.74, 6) is 1.33. The van der Waals surface area contributed by atoms with Gasteiger partial charge in [-0.05, 0) is 52.5 Å². The minimum atomic E-state index is 0.139. The third kappa shape index (κ3) is 7.23. The highest BCUT2D eigenvalue weighted by atomic mass is 32.1. The molecular weight excluding hydrogens is 382 g/mol. The maximum absolute atomic E-state index is 5.96. The Morgan fingerprint density at radius 1 is 1.14 bits per heavy atom. The Bertz CT molecular complexity index is 855. The lowest BCUT2D eigenvalue weighted by atomic mass is 9.87. The van der Waals surface area contributed by atoms with Crippen LogP contribution in [0.3, 0.4) is 0 Å². The highest BCUT2D eigenvalue weighted by molar-refractivity contribution is 7.80. The van der Waals surface area contributed by atoms with Gasteiger partial charge in [-0.25, -0.2) is 0 Å². The second-order valence-corrected chi connectivity index (χ2v) is 7.92. The molecule has 0 fully saturated rings. The summed E-state index contributed by atoms with van der Waals surface area (Å²) in [6, 6.07) is 14.1. The van der Waals surface area contributed by atoms with E-state index in [4.69, 9.17) is 21.7 Å². The number of nitrogens with zero attached hydrogens (tertiary/aromatic N) is 1. The van der Waals surface area contributed by atoms with Crippen LogP contribution in [0.4, 0.5) is 0 Å². The van der Waals surface area contributed by atoms with Gasteiger partial charge in [-0.2, -0.15) is 5.10 Å². The third-order valence-electron chi connectivity index (χ3n) is 4.19. The Balaban J connectivity index is 1.98. The first-order valence-electron chi connectivity index (χ1n) is 9.41. The molecule has 2 aromatic carbocycles. The van der Waals surface area contributed by atoms with Crippen LogP contribution in [-0.4, -0.2) is 25.0 Å². The molecule has 6 heteroatoms. The number of nitrogens with one attached hydrogen (secondary N) is 2. The molecule has 0 atom stereocenters. The maximum atomic E-state index is 5.96. The lowest BCUT2D eigenvalue weighted by molar-refractivity contribution is 0.284. The van der Waals surface area contributed by atoms with E-state index < -0.39 is 0 Å². The van der Waals surface area contributed by atoms with Gasteiger partial charge in [-0.1, -0.05) is 51.1 Å². The molecule has 29 heavy (non-hydrogen) atoms. The minimum absolute atomic E-state index is 0.139. The largest absolute Gasteiger partial charge is 0.493 e. The van der Waals surface area contributed by atoms with E-state index in [1.165, 1.54) is 5.56 Å². The molecule has 0 bridgehead atoms. The van der Waals surface area contributed by atoms with E-state index in [-0.39, 0.29) is 5.41 Å². The number of hydrazone groups is 1. The predicted octanol–water partition coefficient (Wildman–Crippen LogP) is 4.56. The molecule has 2 aromatic rings. The van der Waals surface area contributed by atoms with Crippen molar-refractivity contribution in [3.8, 4) is 11.5 Å². The van der Waals surface area contributed by atoms with Gasteiger partial charge in [0, 0.05) is 6.54 Å². The quantitative estimate of drug-likeness (QED) is 0.289. The summed E-state index contributed by atoms with van der Waals surface area (Å²) in [5, 5.41) is 7.49. The molecule has 154 valence electrons. The van der Waals surface area contributed by atoms with Crippen LogP contribution in [0, 0.1) is 0 Å². The highest BCUT2D eigenvalue weighted by Gasteiger charge is 2.13. The zero-order valence-corrected chi connectivity index (χ0v) is 18.3. The SMILES string of the molecule is C=CCNC(=S)N/N=C/c1ccc(OCc2ccc(C(C)(C)C)cc2)c(OC)c1. The molecule has 0 amide bonds. The molecular formula is C23H29N3O2S. The van der Waals surface area contributed by atoms with Crippen LogP contribution in [0.25, 0.3) is 0 Å². The van der Waals surface area contributed by atoms with E-state index in [1.54, 1.807) is 19.4 Å². The fourth-order valence-corrected chi connectivity index (χ4v) is 2.65. The smallest absolute Gasteiger partial charge is 0.187 e. The minimum Gasteiger partial charge on any atom is -0.493 e. The molecule has 0 aliphatic heterocycles. The van der Waals surface area contributed by atoms with Gasteiger partial charge in [-0.3, -0.25) is 5.43 Å². The maximum Gasteiger partial charge on any atom is 0.187 e. The summed E-state index contributed by atoms with van der Waals surface area (Å²) < 4.78 is 11.4. The molecule has 5 nitrogen and oxygen atoms in total. The van der Waals surface area contributed by atoms with Crippen LogP contribution in [0.15, 0.2) is 60.2 Å². The monoisotopic (exact) mass is 411 g/mol. The third-order valence-corrected chi connectivity index (χ3v) is 4.42. The topological polar surface area (TPSA) is 54.9 Å². The molecule has 0 saturated carbocycles. The average molecular weight is 412 g/mol. The lowest BCUT2D eigenvalue weighted by Gasteiger charge is -2.19. The van der Waals surface area contributed by atoms with Crippen LogP contribution < -0.4 is 20.2 Å². The van der Waals surface area contributed by atoms with Crippen molar-refractivity contribution in [3.05, 3.63) is 71.8 Å². The highest BCUT2D eigenvalue weighted by Crippen LogP contribution is 2.29. The molecule has 0 aromatic heterocycles. The second-order valence-electron chi connectivity index (χ2n) is 7.51. The van der Waals surface area contributed by atoms with E-state index >= 15 is 0 Å². The first kappa shape index (κ1) is 22.4. The van der Waals surface area contributed by atoms with E-state index in [0.29, 0.717) is 29.8 Å². The van der Waals surface area contributed by atoms with Crippen molar-refractivity contribution in [3.63, 3.8) is 0 Å². The number of rotatable bonds is 8. The summed E-state index contributed by atoms with van der Waals surface area (Å²) in [6.45, 7) is 11.3. The summed E-state index contributed by atoms with van der Waals surface area (Å²) >= 11 is 5.08. The van der Waals surface area contributed by atoms with E-state index in [1.807, 2.05) is 18.2 Å². The summed E-state index contributed by atoms with van der Waals surface area (Å²) in [5.41, 5.74) is 6.16. The molecule has 2 rings (SSSR count). The van der Waals surface area contributed by atoms with Crippen LogP contribution in [0.5, 0.6) is 11.5 Å². The van der Waals surface area contributed by atoms with Crippen molar-refractivity contribution in [2.45, 2.75) is 32.8 Å². The average Bonchev–Trinajstić information content (AvgIpc) is 2.70. The van der Waals surface area contributed by atoms with Crippen LogP contribution in [0.1, 0.15) is 37.5 Å². The van der Waals surface area contributed by atoms with Gasteiger partial charge < -0.3 is 14.8 Å². The summed E-state index contributed by atoms with van der Waals surface area (Å²) in [6.07, 6.45) is 3.39. The number of hydrogen-bond acceptors (Lipinski definition) is 4. The van der Waals surface area contributed by atoms with Gasteiger partial charge in [0.25, 0.3) is 0 Å². The number of thiocarbonyl (C=S) groups is 1. The van der Waals surface area contributed by atoms with Gasteiger partial charge >= 0.3 is 0 Å². The molecule has 0 radical (unpaired) electrons. The van der Waals surface area contributed by atoms with E-state index in [9.17, 15) is 0 Å². The molecule has 0 saturated heterocycles. The number of benzene rings is 2. The Hall–Kier alpha value is -2.86. The van der Waals surface area contributed by atoms with Crippen molar-refractivity contribution in [2.24, 2.45) is 5.10 Å². The molecule has 0 aliphatic rings.